The molecule has 1 aromatic rings. The molecule has 0 aromatic heterocycles. The molecule has 0 atom stereocenters. The molecule has 0 unspecified atom stereocenters. The molecule has 0 aliphatic rings. The third kappa shape index (κ3) is 14.9. The van der Waals surface area contributed by atoms with Crippen LogP contribution < -0.4 is 0 Å². The number of aryl methyl sites for hydroxylation is 1. The van der Waals surface area contributed by atoms with Crippen molar-refractivity contribution in [1.29, 1.82) is 0 Å². The average Bonchev–Trinajstić information content (AvgIpc) is 2.81. The van der Waals surface area contributed by atoms with Crippen molar-refractivity contribution in [1.82, 2.24) is 0 Å². The number of carbonyl (C=O) groups is 1. The van der Waals surface area contributed by atoms with Crippen molar-refractivity contribution < 1.29 is 4.79 Å². The highest BCUT2D eigenvalue weighted by molar-refractivity contribution is 5.78. The summed E-state index contributed by atoms with van der Waals surface area (Å²) in [5.41, 5.74) is 3.72. The molecule has 1 nitrogen and oxygen atoms in total. The highest BCUT2D eigenvalue weighted by atomic mass is 16.1. The Morgan fingerprint density at radius 3 is 1.38 bits per heavy atom. The third-order valence-corrected chi connectivity index (χ3v) is 7.02. The van der Waals surface area contributed by atoms with Crippen molar-refractivity contribution in [3.8, 4) is 0 Å². The summed E-state index contributed by atoms with van der Waals surface area (Å²) in [6.07, 6.45) is 30.7. The van der Waals surface area contributed by atoms with Gasteiger partial charge in [-0.15, -0.1) is 0 Å². The van der Waals surface area contributed by atoms with Crippen molar-refractivity contribution >= 4 is 6.29 Å². The van der Waals surface area contributed by atoms with E-state index in [-0.39, 0.29) is 0 Å². The first-order valence-corrected chi connectivity index (χ1v) is 14.4. The Bertz CT molecular complexity index is 547. The van der Waals surface area contributed by atoms with Crippen molar-refractivity contribution in [3.05, 3.63) is 34.9 Å². The number of aldehydes is 1. The van der Waals surface area contributed by atoms with Crippen LogP contribution in [0.3, 0.4) is 0 Å². The van der Waals surface area contributed by atoms with E-state index >= 15 is 0 Å². The minimum absolute atomic E-state index is 0.936. The summed E-state index contributed by atoms with van der Waals surface area (Å²) in [4.78, 5) is 11.6. The Balaban J connectivity index is 2.20. The van der Waals surface area contributed by atoms with Crippen LogP contribution in [0.1, 0.15) is 164 Å². The summed E-state index contributed by atoms with van der Waals surface area (Å²) >= 11 is 0. The van der Waals surface area contributed by atoms with E-state index in [0.717, 1.165) is 24.7 Å². The van der Waals surface area contributed by atoms with Gasteiger partial charge < -0.3 is 0 Å². The van der Waals surface area contributed by atoms with Gasteiger partial charge in [-0.2, -0.15) is 0 Å². The molecule has 1 heteroatoms. The maximum Gasteiger partial charge on any atom is 0.150 e. The highest BCUT2D eigenvalue weighted by Crippen LogP contribution is 2.21. The van der Waals surface area contributed by atoms with Crippen LogP contribution in [0.15, 0.2) is 18.2 Å². The predicted molar refractivity (Wildman–Crippen MR) is 143 cm³/mol. The summed E-state index contributed by atoms with van der Waals surface area (Å²) in [6.45, 7) is 4.57. The summed E-state index contributed by atoms with van der Waals surface area (Å²) in [6, 6.07) is 6.37. The maximum atomic E-state index is 11.6. The van der Waals surface area contributed by atoms with E-state index in [1.165, 1.54) is 140 Å². The number of carbonyl (C=O) groups excluding carboxylic acids is 1. The quantitative estimate of drug-likeness (QED) is 0.122. The van der Waals surface area contributed by atoms with Gasteiger partial charge in [-0.1, -0.05) is 148 Å². The minimum atomic E-state index is 0.936. The van der Waals surface area contributed by atoms with E-state index < -0.39 is 0 Å². The van der Waals surface area contributed by atoms with Crippen LogP contribution in [0.5, 0.6) is 0 Å². The van der Waals surface area contributed by atoms with Gasteiger partial charge in [-0.25, -0.2) is 0 Å². The zero-order valence-electron chi connectivity index (χ0n) is 21.8. The van der Waals surface area contributed by atoms with E-state index in [1.54, 1.807) is 0 Å². The zero-order chi connectivity index (χ0) is 23.1. The van der Waals surface area contributed by atoms with E-state index in [2.05, 4.69) is 26.0 Å². The van der Waals surface area contributed by atoms with Crippen molar-refractivity contribution in [3.63, 3.8) is 0 Å². The molecule has 0 spiro atoms. The van der Waals surface area contributed by atoms with Gasteiger partial charge in [0.25, 0.3) is 0 Å². The number of rotatable bonds is 23. The van der Waals surface area contributed by atoms with Gasteiger partial charge in [0.15, 0.2) is 0 Å². The Labute approximate surface area is 201 Å². The molecule has 0 saturated heterocycles. The maximum absolute atomic E-state index is 11.6. The van der Waals surface area contributed by atoms with Crippen LogP contribution in [0, 0.1) is 0 Å². The highest BCUT2D eigenvalue weighted by Gasteiger charge is 2.08. The first-order valence-electron chi connectivity index (χ1n) is 14.4. The smallest absolute Gasteiger partial charge is 0.150 e. The zero-order valence-corrected chi connectivity index (χ0v) is 21.8. The van der Waals surface area contributed by atoms with Gasteiger partial charge >= 0.3 is 0 Å². The average molecular weight is 443 g/mol. The Kier molecular flexibility index (Phi) is 19.6. The molecule has 0 aliphatic carbocycles. The normalized spacial score (nSPS) is 11.2. The van der Waals surface area contributed by atoms with E-state index in [9.17, 15) is 4.79 Å². The van der Waals surface area contributed by atoms with Crippen LogP contribution >= 0.6 is 0 Å². The van der Waals surface area contributed by atoms with Crippen molar-refractivity contribution in [2.24, 2.45) is 0 Å². The fraction of sp³-hybridized carbons (Fsp3) is 0.774. The van der Waals surface area contributed by atoms with Crippen LogP contribution in [0.4, 0.5) is 0 Å². The molecular formula is C31H54O. The molecule has 0 radical (unpaired) electrons. The molecule has 0 amide bonds. The molecule has 32 heavy (non-hydrogen) atoms. The molecule has 1 aromatic carbocycles. The summed E-state index contributed by atoms with van der Waals surface area (Å²) in [5.74, 6) is 0. The molecule has 0 N–H and O–H groups in total. The Morgan fingerprint density at radius 1 is 0.531 bits per heavy atom. The molecule has 0 heterocycles. The van der Waals surface area contributed by atoms with E-state index in [4.69, 9.17) is 0 Å². The largest absolute Gasteiger partial charge is 0.298 e. The minimum Gasteiger partial charge on any atom is -0.298 e. The molecule has 0 fully saturated rings. The Morgan fingerprint density at radius 2 is 0.938 bits per heavy atom. The third-order valence-electron chi connectivity index (χ3n) is 7.02. The number of hydrogen-bond acceptors (Lipinski definition) is 1. The first kappa shape index (κ1) is 28.9. The first-order chi connectivity index (χ1) is 15.8. The number of benzene rings is 1. The topological polar surface area (TPSA) is 17.1 Å². The van der Waals surface area contributed by atoms with Crippen LogP contribution in [-0.2, 0) is 12.8 Å². The van der Waals surface area contributed by atoms with E-state index in [0.29, 0.717) is 0 Å². The lowest BCUT2D eigenvalue weighted by Crippen LogP contribution is -2.01. The second-order valence-electron chi connectivity index (χ2n) is 9.97. The lowest BCUT2D eigenvalue weighted by molar-refractivity contribution is 0.112. The predicted octanol–water partition coefficient (Wildman–Crippen LogP) is 10.4. The second kappa shape index (κ2) is 21.7. The summed E-state index contributed by atoms with van der Waals surface area (Å²) in [5, 5.41) is 0. The van der Waals surface area contributed by atoms with Gasteiger partial charge in [-0.3, -0.25) is 4.79 Å². The Hall–Kier alpha value is -1.11. The lowest BCUT2D eigenvalue weighted by Gasteiger charge is -2.12. The standard InChI is InChI=1S/C31H54O/c1-3-5-7-9-11-13-15-17-19-21-24-29-25-23-26-30(28-32)31(29)27-22-20-18-16-14-12-10-8-6-4-2/h23,25-26,28H,3-22,24,27H2,1-2H3. The fourth-order valence-corrected chi connectivity index (χ4v) is 4.90. The number of hydrogen-bond donors (Lipinski definition) is 0. The molecule has 0 bridgehead atoms. The second-order valence-corrected chi connectivity index (χ2v) is 9.97. The van der Waals surface area contributed by atoms with E-state index in [1.807, 2.05) is 6.07 Å². The van der Waals surface area contributed by atoms with Gasteiger partial charge in [0.05, 0.1) is 0 Å². The fourth-order valence-electron chi connectivity index (χ4n) is 4.90. The molecule has 1 rings (SSSR count). The summed E-state index contributed by atoms with van der Waals surface area (Å²) in [7, 11) is 0. The molecule has 0 aliphatic heterocycles. The van der Waals surface area contributed by atoms with Gasteiger partial charge in [-0.05, 0) is 36.8 Å². The molecular weight excluding hydrogens is 388 g/mol. The lowest BCUT2D eigenvalue weighted by atomic mass is 9.92. The molecule has 184 valence electrons. The van der Waals surface area contributed by atoms with Crippen LogP contribution in [0.2, 0.25) is 0 Å². The number of unbranched alkanes of at least 4 members (excludes halogenated alkanes) is 18. The van der Waals surface area contributed by atoms with Crippen LogP contribution in [0.25, 0.3) is 0 Å². The summed E-state index contributed by atoms with van der Waals surface area (Å²) < 4.78 is 0. The van der Waals surface area contributed by atoms with Gasteiger partial charge in [0.2, 0.25) is 0 Å². The molecule has 0 saturated carbocycles. The van der Waals surface area contributed by atoms with Gasteiger partial charge in [0, 0.05) is 5.56 Å². The van der Waals surface area contributed by atoms with Crippen LogP contribution in [-0.4, -0.2) is 6.29 Å². The van der Waals surface area contributed by atoms with Gasteiger partial charge in [0.1, 0.15) is 6.29 Å². The monoisotopic (exact) mass is 442 g/mol. The SMILES string of the molecule is CCCCCCCCCCCCc1cccc(C=O)c1CCCCCCCCCCCC. The van der Waals surface area contributed by atoms with Crippen molar-refractivity contribution in [2.75, 3.05) is 0 Å². The van der Waals surface area contributed by atoms with Crippen molar-refractivity contribution in [2.45, 2.75) is 155 Å².